The van der Waals surface area contributed by atoms with Crippen molar-refractivity contribution in [3.8, 4) is 0 Å². The lowest BCUT2D eigenvalue weighted by molar-refractivity contribution is -0.118. The van der Waals surface area contributed by atoms with Crippen molar-refractivity contribution in [3.63, 3.8) is 0 Å². The molecular weight excluding hydrogens is 247 g/mol. The molecule has 0 saturated carbocycles. The van der Waals surface area contributed by atoms with Crippen molar-refractivity contribution in [2.24, 2.45) is 11.7 Å². The van der Waals surface area contributed by atoms with Crippen LogP contribution in [0.2, 0.25) is 10.0 Å². The third kappa shape index (κ3) is 3.37. The van der Waals surface area contributed by atoms with E-state index in [0.717, 1.165) is 0 Å². The Morgan fingerprint density at radius 1 is 1.38 bits per heavy atom. The Morgan fingerprint density at radius 2 is 2.00 bits per heavy atom. The van der Waals surface area contributed by atoms with Gasteiger partial charge in [-0.25, -0.2) is 0 Å². The predicted molar refractivity (Wildman–Crippen MR) is 67.9 cm³/mol. The molecule has 1 rings (SSSR count). The third-order valence-electron chi connectivity index (χ3n) is 2.21. The largest absolute Gasteiger partial charge is 0.323 e. The first kappa shape index (κ1) is 13.3. The maximum Gasteiger partial charge on any atom is 0.241 e. The number of halogens is 2. The second-order valence-electron chi connectivity index (χ2n) is 3.88. The summed E-state index contributed by atoms with van der Waals surface area (Å²) in [7, 11) is 0. The number of hydrogen-bond acceptors (Lipinski definition) is 2. The van der Waals surface area contributed by atoms with Crippen LogP contribution in [0.15, 0.2) is 18.2 Å². The van der Waals surface area contributed by atoms with Crippen LogP contribution in [0, 0.1) is 5.92 Å². The van der Waals surface area contributed by atoms with Crippen molar-refractivity contribution in [3.05, 3.63) is 28.2 Å². The zero-order valence-electron chi connectivity index (χ0n) is 9.13. The summed E-state index contributed by atoms with van der Waals surface area (Å²) in [6.07, 6.45) is 0. The SMILES string of the molecule is CC(C)[C@H](N)C(=O)Nc1cc(Cl)ccc1Cl. The van der Waals surface area contributed by atoms with E-state index in [4.69, 9.17) is 28.9 Å². The van der Waals surface area contributed by atoms with Crippen LogP contribution < -0.4 is 11.1 Å². The van der Waals surface area contributed by atoms with Gasteiger partial charge < -0.3 is 11.1 Å². The van der Waals surface area contributed by atoms with Crippen LogP contribution in [0.1, 0.15) is 13.8 Å². The minimum Gasteiger partial charge on any atom is -0.323 e. The molecule has 0 saturated heterocycles. The molecule has 3 nitrogen and oxygen atoms in total. The van der Waals surface area contributed by atoms with Gasteiger partial charge in [0.1, 0.15) is 0 Å². The van der Waals surface area contributed by atoms with Crippen molar-refractivity contribution in [2.45, 2.75) is 19.9 Å². The van der Waals surface area contributed by atoms with Crippen LogP contribution in [0.4, 0.5) is 5.69 Å². The van der Waals surface area contributed by atoms with Gasteiger partial charge in [0.2, 0.25) is 5.91 Å². The average molecular weight is 261 g/mol. The summed E-state index contributed by atoms with van der Waals surface area (Å²) in [6, 6.07) is 4.31. The minimum absolute atomic E-state index is 0.0676. The number of carbonyl (C=O) groups excluding carboxylic acids is 1. The zero-order chi connectivity index (χ0) is 12.3. The second-order valence-corrected chi connectivity index (χ2v) is 4.73. The molecule has 1 amide bonds. The highest BCUT2D eigenvalue weighted by Gasteiger charge is 2.18. The molecule has 0 aliphatic heterocycles. The number of anilines is 1. The van der Waals surface area contributed by atoms with Crippen molar-refractivity contribution < 1.29 is 4.79 Å². The summed E-state index contributed by atoms with van der Waals surface area (Å²) in [5.41, 5.74) is 6.19. The number of amides is 1. The van der Waals surface area contributed by atoms with E-state index in [-0.39, 0.29) is 11.8 Å². The Hall–Kier alpha value is -0.770. The number of nitrogens with one attached hydrogen (secondary N) is 1. The van der Waals surface area contributed by atoms with Crippen molar-refractivity contribution >= 4 is 34.8 Å². The Morgan fingerprint density at radius 3 is 2.56 bits per heavy atom. The number of hydrogen-bond donors (Lipinski definition) is 2. The fourth-order valence-corrected chi connectivity index (χ4v) is 1.45. The topological polar surface area (TPSA) is 55.1 Å². The van der Waals surface area contributed by atoms with Crippen molar-refractivity contribution in [1.29, 1.82) is 0 Å². The molecule has 0 radical (unpaired) electrons. The molecule has 88 valence electrons. The summed E-state index contributed by atoms with van der Waals surface area (Å²) in [5.74, 6) is -0.197. The summed E-state index contributed by atoms with van der Waals surface area (Å²) in [6.45, 7) is 3.76. The molecule has 0 heterocycles. The average Bonchev–Trinajstić information content (AvgIpc) is 2.22. The Kier molecular flexibility index (Phi) is 4.59. The van der Waals surface area contributed by atoms with E-state index in [9.17, 15) is 4.79 Å². The molecular formula is C11H14Cl2N2O. The van der Waals surface area contributed by atoms with E-state index in [2.05, 4.69) is 5.32 Å². The van der Waals surface area contributed by atoms with Gasteiger partial charge in [-0.15, -0.1) is 0 Å². The van der Waals surface area contributed by atoms with Crippen LogP contribution in [-0.4, -0.2) is 11.9 Å². The Bertz CT molecular complexity index is 394. The van der Waals surface area contributed by atoms with Gasteiger partial charge in [0.15, 0.2) is 0 Å². The van der Waals surface area contributed by atoms with Crippen LogP contribution in [0.3, 0.4) is 0 Å². The van der Waals surface area contributed by atoms with Gasteiger partial charge in [0.25, 0.3) is 0 Å². The lowest BCUT2D eigenvalue weighted by atomic mass is 10.1. The molecule has 5 heteroatoms. The molecule has 0 unspecified atom stereocenters. The summed E-state index contributed by atoms with van der Waals surface area (Å²) < 4.78 is 0. The zero-order valence-corrected chi connectivity index (χ0v) is 10.6. The highest BCUT2D eigenvalue weighted by Crippen LogP contribution is 2.25. The third-order valence-corrected chi connectivity index (χ3v) is 2.77. The molecule has 1 aromatic carbocycles. The van der Waals surface area contributed by atoms with E-state index in [1.165, 1.54) is 0 Å². The van der Waals surface area contributed by atoms with E-state index in [0.29, 0.717) is 15.7 Å². The number of benzene rings is 1. The van der Waals surface area contributed by atoms with E-state index >= 15 is 0 Å². The normalized spacial score (nSPS) is 12.6. The Balaban J connectivity index is 2.80. The fourth-order valence-electron chi connectivity index (χ4n) is 1.11. The smallest absolute Gasteiger partial charge is 0.241 e. The molecule has 0 aliphatic carbocycles. The number of rotatable bonds is 3. The van der Waals surface area contributed by atoms with Gasteiger partial charge in [-0.3, -0.25) is 4.79 Å². The highest BCUT2D eigenvalue weighted by atomic mass is 35.5. The molecule has 1 atom stereocenters. The second kappa shape index (κ2) is 5.53. The maximum atomic E-state index is 11.7. The predicted octanol–water partition coefficient (Wildman–Crippen LogP) is 2.92. The molecule has 0 spiro atoms. The molecule has 0 bridgehead atoms. The number of nitrogens with two attached hydrogens (primary N) is 1. The summed E-state index contributed by atoms with van der Waals surface area (Å²) >= 11 is 11.7. The van der Waals surface area contributed by atoms with Crippen LogP contribution in [0.25, 0.3) is 0 Å². The van der Waals surface area contributed by atoms with Gasteiger partial charge >= 0.3 is 0 Å². The standard InChI is InChI=1S/C11H14Cl2N2O/c1-6(2)10(14)11(16)15-9-5-7(12)3-4-8(9)13/h3-6,10H,14H2,1-2H3,(H,15,16)/t10-/m0/s1. The quantitative estimate of drug-likeness (QED) is 0.878. The molecule has 0 aromatic heterocycles. The van der Waals surface area contributed by atoms with E-state index in [1.54, 1.807) is 18.2 Å². The first-order valence-corrected chi connectivity index (χ1v) is 5.69. The maximum absolute atomic E-state index is 11.7. The lowest BCUT2D eigenvalue weighted by Crippen LogP contribution is -2.39. The minimum atomic E-state index is -0.560. The van der Waals surface area contributed by atoms with Gasteiger partial charge in [-0.2, -0.15) is 0 Å². The number of carbonyl (C=O) groups is 1. The van der Waals surface area contributed by atoms with Gasteiger partial charge in [-0.05, 0) is 24.1 Å². The molecule has 0 fully saturated rings. The van der Waals surface area contributed by atoms with Gasteiger partial charge in [-0.1, -0.05) is 37.0 Å². The van der Waals surface area contributed by atoms with Gasteiger partial charge in [0.05, 0.1) is 16.8 Å². The first-order chi connectivity index (χ1) is 7.41. The molecule has 16 heavy (non-hydrogen) atoms. The molecule has 1 aromatic rings. The molecule has 3 N–H and O–H groups in total. The monoisotopic (exact) mass is 260 g/mol. The summed E-state index contributed by atoms with van der Waals surface area (Å²) in [5, 5.41) is 3.60. The highest BCUT2D eigenvalue weighted by molar-refractivity contribution is 6.35. The first-order valence-electron chi connectivity index (χ1n) is 4.93. The summed E-state index contributed by atoms with van der Waals surface area (Å²) in [4.78, 5) is 11.7. The van der Waals surface area contributed by atoms with Crippen molar-refractivity contribution in [1.82, 2.24) is 0 Å². The van der Waals surface area contributed by atoms with Crippen LogP contribution in [-0.2, 0) is 4.79 Å². The van der Waals surface area contributed by atoms with E-state index < -0.39 is 6.04 Å². The van der Waals surface area contributed by atoms with Crippen LogP contribution >= 0.6 is 23.2 Å². The lowest BCUT2D eigenvalue weighted by Gasteiger charge is -2.16. The van der Waals surface area contributed by atoms with E-state index in [1.807, 2.05) is 13.8 Å². The molecule has 0 aliphatic rings. The fraction of sp³-hybridized carbons (Fsp3) is 0.364. The Labute approximate surface area is 105 Å². The van der Waals surface area contributed by atoms with Crippen LogP contribution in [0.5, 0.6) is 0 Å². The van der Waals surface area contributed by atoms with Crippen molar-refractivity contribution in [2.75, 3.05) is 5.32 Å². The van der Waals surface area contributed by atoms with Gasteiger partial charge in [0, 0.05) is 5.02 Å².